The third-order valence-corrected chi connectivity index (χ3v) is 5.61. The van der Waals surface area contributed by atoms with Crippen LogP contribution in [-0.2, 0) is 9.59 Å². The Morgan fingerprint density at radius 3 is 2.41 bits per heavy atom. The summed E-state index contributed by atoms with van der Waals surface area (Å²) in [5.41, 5.74) is 4.18. The molecule has 0 bridgehead atoms. The van der Waals surface area contributed by atoms with Gasteiger partial charge in [0, 0.05) is 17.6 Å². The number of aromatic nitrogens is 2. The molecule has 4 rings (SSSR count). The zero-order chi connectivity index (χ0) is 23.0. The number of benzene rings is 1. The molecule has 1 fully saturated rings. The summed E-state index contributed by atoms with van der Waals surface area (Å²) in [5, 5.41) is 2.65. The number of carbonyl (C=O) groups is 2. The zero-order valence-electron chi connectivity index (χ0n) is 18.2. The molecule has 1 aliphatic rings. The van der Waals surface area contributed by atoms with Crippen LogP contribution in [0.25, 0.3) is 11.9 Å². The maximum Gasteiger partial charge on any atom is 0.270 e. The first kappa shape index (κ1) is 21.5. The molecule has 0 unspecified atom stereocenters. The van der Waals surface area contributed by atoms with E-state index in [2.05, 4.69) is 10.3 Å². The summed E-state index contributed by atoms with van der Waals surface area (Å²) in [6.07, 6.45) is 3.40. The number of anilines is 1. The Hall–Kier alpha value is -3.78. The molecular weight excluding hydrogens is 424 g/mol. The Labute approximate surface area is 191 Å². The van der Waals surface area contributed by atoms with Gasteiger partial charge < -0.3 is 9.30 Å². The Balaban J connectivity index is 1.73. The second-order valence-electron chi connectivity index (χ2n) is 7.51. The highest BCUT2D eigenvalue weighted by atomic mass is 32.1. The smallest absolute Gasteiger partial charge is 0.270 e. The maximum absolute atomic E-state index is 13.3. The highest BCUT2D eigenvalue weighted by molar-refractivity contribution is 7.80. The van der Waals surface area contributed by atoms with E-state index in [0.717, 1.165) is 28.3 Å². The van der Waals surface area contributed by atoms with Crippen molar-refractivity contribution in [2.75, 3.05) is 12.0 Å². The van der Waals surface area contributed by atoms with E-state index in [4.69, 9.17) is 17.0 Å². The zero-order valence-corrected chi connectivity index (χ0v) is 19.0. The fourth-order valence-corrected chi connectivity index (χ4v) is 3.94. The third kappa shape index (κ3) is 3.80. The summed E-state index contributed by atoms with van der Waals surface area (Å²) in [6.45, 7) is 5.87. The average Bonchev–Trinajstić information content (AvgIpc) is 3.05. The molecule has 0 saturated carbocycles. The molecule has 3 aromatic rings. The first-order chi connectivity index (χ1) is 15.3. The van der Waals surface area contributed by atoms with Gasteiger partial charge in [0.2, 0.25) is 0 Å². The second kappa shape index (κ2) is 8.39. The first-order valence-corrected chi connectivity index (χ1v) is 10.4. The van der Waals surface area contributed by atoms with Gasteiger partial charge >= 0.3 is 0 Å². The van der Waals surface area contributed by atoms with Gasteiger partial charge in [0.05, 0.1) is 12.8 Å². The molecule has 1 aromatic carbocycles. The lowest BCUT2D eigenvalue weighted by atomic mass is 10.1. The van der Waals surface area contributed by atoms with Crippen molar-refractivity contribution in [1.29, 1.82) is 0 Å². The number of pyridine rings is 1. The van der Waals surface area contributed by atoms with Crippen molar-refractivity contribution in [2.24, 2.45) is 0 Å². The highest BCUT2D eigenvalue weighted by Gasteiger charge is 2.34. The monoisotopic (exact) mass is 446 g/mol. The molecule has 32 heavy (non-hydrogen) atoms. The van der Waals surface area contributed by atoms with E-state index in [0.29, 0.717) is 11.4 Å². The van der Waals surface area contributed by atoms with Crippen LogP contribution in [-0.4, -0.2) is 33.6 Å². The highest BCUT2D eigenvalue weighted by Crippen LogP contribution is 2.26. The van der Waals surface area contributed by atoms with E-state index in [1.165, 1.54) is 4.90 Å². The van der Waals surface area contributed by atoms with Crippen LogP contribution in [0.15, 0.2) is 54.2 Å². The van der Waals surface area contributed by atoms with E-state index in [-0.39, 0.29) is 10.7 Å². The molecule has 162 valence electrons. The fourth-order valence-electron chi connectivity index (χ4n) is 3.66. The van der Waals surface area contributed by atoms with E-state index in [1.807, 2.05) is 43.5 Å². The molecule has 8 heteroatoms. The molecule has 1 N–H and O–H groups in total. The van der Waals surface area contributed by atoms with Crippen LogP contribution >= 0.6 is 12.2 Å². The van der Waals surface area contributed by atoms with E-state index in [9.17, 15) is 9.59 Å². The van der Waals surface area contributed by atoms with Crippen molar-refractivity contribution in [1.82, 2.24) is 14.9 Å². The fraction of sp³-hybridized carbons (Fsp3) is 0.167. The number of ether oxygens (including phenoxy) is 1. The van der Waals surface area contributed by atoms with Crippen molar-refractivity contribution in [3.05, 3.63) is 76.7 Å². The molecule has 2 aromatic heterocycles. The van der Waals surface area contributed by atoms with Crippen LogP contribution < -0.4 is 15.0 Å². The number of nitrogens with one attached hydrogen (secondary N) is 1. The topological polar surface area (TPSA) is 76.5 Å². The van der Waals surface area contributed by atoms with Gasteiger partial charge in [-0.1, -0.05) is 6.07 Å². The SMILES string of the molecule is COc1ccc(N2C(=O)/C(=C/c3cc(C)n(-c4ccc(C)cn4)c3C)C(=O)NC2=S)cc1. The molecular formula is C24H22N4O3S. The van der Waals surface area contributed by atoms with Gasteiger partial charge in [0.15, 0.2) is 5.11 Å². The van der Waals surface area contributed by atoms with Gasteiger partial charge in [-0.25, -0.2) is 4.98 Å². The molecule has 0 spiro atoms. The predicted molar refractivity (Wildman–Crippen MR) is 127 cm³/mol. The molecule has 7 nitrogen and oxygen atoms in total. The summed E-state index contributed by atoms with van der Waals surface area (Å²) >= 11 is 5.27. The Morgan fingerprint density at radius 1 is 1.06 bits per heavy atom. The number of hydrogen-bond acceptors (Lipinski definition) is 5. The molecule has 0 atom stereocenters. The first-order valence-electron chi connectivity index (χ1n) is 9.97. The van der Waals surface area contributed by atoms with Crippen LogP contribution in [0.2, 0.25) is 0 Å². The average molecular weight is 447 g/mol. The van der Waals surface area contributed by atoms with Gasteiger partial charge in [0.1, 0.15) is 17.1 Å². The van der Waals surface area contributed by atoms with E-state index < -0.39 is 11.8 Å². The minimum absolute atomic E-state index is 0.00605. The maximum atomic E-state index is 13.3. The Morgan fingerprint density at radius 2 is 1.78 bits per heavy atom. The van der Waals surface area contributed by atoms with Gasteiger partial charge in [-0.3, -0.25) is 19.8 Å². The number of nitrogens with zero attached hydrogens (tertiary/aromatic N) is 3. The Kier molecular flexibility index (Phi) is 5.63. The number of methoxy groups -OCH3 is 1. The number of hydrogen-bond donors (Lipinski definition) is 1. The largest absolute Gasteiger partial charge is 0.497 e. The quantitative estimate of drug-likeness (QED) is 0.376. The van der Waals surface area contributed by atoms with Crippen LogP contribution in [0.4, 0.5) is 5.69 Å². The molecule has 3 heterocycles. The number of amides is 2. The number of aryl methyl sites for hydroxylation is 2. The molecule has 0 radical (unpaired) electrons. The summed E-state index contributed by atoms with van der Waals surface area (Å²) in [4.78, 5) is 31.7. The molecule has 1 aliphatic heterocycles. The number of thiocarbonyl (C=S) groups is 1. The van der Waals surface area contributed by atoms with E-state index in [1.54, 1.807) is 43.6 Å². The summed E-state index contributed by atoms with van der Waals surface area (Å²) in [6, 6.07) is 12.7. The third-order valence-electron chi connectivity index (χ3n) is 5.33. The van der Waals surface area contributed by atoms with Crippen LogP contribution in [0.1, 0.15) is 22.5 Å². The summed E-state index contributed by atoms with van der Waals surface area (Å²) < 4.78 is 7.16. The van der Waals surface area contributed by atoms with Gasteiger partial charge in [-0.2, -0.15) is 0 Å². The summed E-state index contributed by atoms with van der Waals surface area (Å²) in [5.74, 6) is 0.419. The lowest BCUT2D eigenvalue weighted by Crippen LogP contribution is -2.54. The van der Waals surface area contributed by atoms with Crippen molar-refractivity contribution in [3.8, 4) is 11.6 Å². The molecule has 0 aliphatic carbocycles. The van der Waals surface area contributed by atoms with Crippen molar-refractivity contribution in [3.63, 3.8) is 0 Å². The standard InChI is InChI=1S/C24H22N4O3S/c1-14-5-10-21(25-13-14)27-15(2)11-17(16(27)3)12-20-22(29)26-24(32)28(23(20)30)18-6-8-19(31-4)9-7-18/h5-13H,1-4H3,(H,26,29,32)/b20-12+. The van der Waals surface area contributed by atoms with Gasteiger partial charge in [-0.05, 0) is 86.6 Å². The van der Waals surface area contributed by atoms with Gasteiger partial charge in [-0.15, -0.1) is 0 Å². The second-order valence-corrected chi connectivity index (χ2v) is 7.90. The van der Waals surface area contributed by atoms with Crippen molar-refractivity contribution in [2.45, 2.75) is 20.8 Å². The number of rotatable bonds is 4. The normalized spacial score (nSPS) is 15.3. The minimum atomic E-state index is -0.525. The van der Waals surface area contributed by atoms with Crippen LogP contribution in [0.3, 0.4) is 0 Å². The van der Waals surface area contributed by atoms with Gasteiger partial charge in [0.25, 0.3) is 11.8 Å². The molecule has 2 amide bonds. The lowest BCUT2D eigenvalue weighted by Gasteiger charge is -2.29. The molecule has 1 saturated heterocycles. The van der Waals surface area contributed by atoms with Crippen LogP contribution in [0, 0.1) is 20.8 Å². The Bertz CT molecular complexity index is 1260. The van der Waals surface area contributed by atoms with Crippen molar-refractivity contribution < 1.29 is 14.3 Å². The van der Waals surface area contributed by atoms with E-state index >= 15 is 0 Å². The van der Waals surface area contributed by atoms with Crippen molar-refractivity contribution >= 4 is 40.9 Å². The number of carbonyl (C=O) groups excluding carboxylic acids is 2. The van der Waals surface area contributed by atoms with Crippen LogP contribution in [0.5, 0.6) is 5.75 Å². The summed E-state index contributed by atoms with van der Waals surface area (Å²) in [7, 11) is 1.56. The minimum Gasteiger partial charge on any atom is -0.497 e. The lowest BCUT2D eigenvalue weighted by molar-refractivity contribution is -0.122. The predicted octanol–water partition coefficient (Wildman–Crippen LogP) is 3.64.